The first-order chi connectivity index (χ1) is 15.2. The molecule has 0 saturated heterocycles. The fraction of sp³-hybridized carbons (Fsp3) is 0.0870. The molecule has 32 heavy (non-hydrogen) atoms. The number of rotatable bonds is 5. The average Bonchev–Trinajstić information content (AvgIpc) is 2.99. The van der Waals surface area contributed by atoms with Gasteiger partial charge in [0.25, 0.3) is 27.7 Å². The molecule has 0 aliphatic carbocycles. The second-order valence-corrected chi connectivity index (χ2v) is 9.03. The molecule has 3 aromatic carbocycles. The van der Waals surface area contributed by atoms with E-state index in [0.29, 0.717) is 0 Å². The zero-order chi connectivity index (χ0) is 23.0. The predicted octanol–water partition coefficient (Wildman–Crippen LogP) is 3.27. The fourth-order valence-corrected chi connectivity index (χ4v) is 4.41. The number of imide groups is 1. The molecule has 1 aliphatic heterocycles. The molecular weight excluding hydrogens is 430 g/mol. The van der Waals surface area contributed by atoms with Crippen molar-refractivity contribution in [2.45, 2.75) is 11.8 Å². The van der Waals surface area contributed by atoms with E-state index in [-0.39, 0.29) is 33.0 Å². The third-order valence-corrected chi connectivity index (χ3v) is 6.47. The van der Waals surface area contributed by atoms with Crippen LogP contribution in [0.4, 0.5) is 11.4 Å². The van der Waals surface area contributed by atoms with Gasteiger partial charge in [0, 0.05) is 18.3 Å². The lowest BCUT2D eigenvalue weighted by Crippen LogP contribution is -2.24. The minimum absolute atomic E-state index is 0.102. The van der Waals surface area contributed by atoms with E-state index in [1.54, 1.807) is 24.3 Å². The molecule has 0 atom stereocenters. The summed E-state index contributed by atoms with van der Waals surface area (Å²) in [5.41, 5.74) is 1.88. The van der Waals surface area contributed by atoms with Crippen molar-refractivity contribution in [3.05, 3.63) is 89.0 Å². The van der Waals surface area contributed by atoms with Crippen LogP contribution >= 0.6 is 0 Å². The van der Waals surface area contributed by atoms with Crippen molar-refractivity contribution in [2.24, 2.45) is 0 Å². The Hall–Kier alpha value is -3.98. The topological polar surface area (TPSA) is 113 Å². The molecule has 0 aromatic heterocycles. The molecule has 0 bridgehead atoms. The summed E-state index contributed by atoms with van der Waals surface area (Å²) < 4.78 is 27.7. The Balaban J connectivity index is 1.57. The van der Waals surface area contributed by atoms with Crippen molar-refractivity contribution < 1.29 is 22.8 Å². The van der Waals surface area contributed by atoms with E-state index in [1.165, 1.54) is 49.5 Å². The van der Waals surface area contributed by atoms with Crippen molar-refractivity contribution in [1.29, 1.82) is 0 Å². The molecule has 3 aromatic rings. The van der Waals surface area contributed by atoms with Crippen LogP contribution in [0.3, 0.4) is 0 Å². The third kappa shape index (κ3) is 3.85. The molecule has 1 aliphatic rings. The van der Waals surface area contributed by atoms with Gasteiger partial charge in [0.1, 0.15) is 0 Å². The standard InChI is InChI=1S/C23H19N3O5S/c1-14-9-11-17(12-10-14)32(30,31)25-16-6-3-5-15(13-16)21(27)24-19-8-4-7-18-20(19)23(29)26(2)22(18)28/h3-13,25H,1-2H3,(H,24,27). The summed E-state index contributed by atoms with van der Waals surface area (Å²) in [5, 5.41) is 2.64. The Morgan fingerprint density at radius 2 is 1.59 bits per heavy atom. The summed E-state index contributed by atoms with van der Waals surface area (Å²) in [6, 6.07) is 17.0. The number of benzene rings is 3. The van der Waals surface area contributed by atoms with Crippen molar-refractivity contribution in [2.75, 3.05) is 17.1 Å². The van der Waals surface area contributed by atoms with E-state index in [2.05, 4.69) is 10.0 Å². The van der Waals surface area contributed by atoms with Crippen LogP contribution in [0.1, 0.15) is 36.6 Å². The number of hydrogen-bond donors (Lipinski definition) is 2. The number of anilines is 2. The summed E-state index contributed by atoms with van der Waals surface area (Å²) in [6.07, 6.45) is 0. The number of carbonyl (C=O) groups is 3. The van der Waals surface area contributed by atoms with Crippen LogP contribution < -0.4 is 10.0 Å². The van der Waals surface area contributed by atoms with Gasteiger partial charge < -0.3 is 5.32 Å². The van der Waals surface area contributed by atoms with Gasteiger partial charge in [-0.2, -0.15) is 0 Å². The van der Waals surface area contributed by atoms with Crippen LogP contribution in [0.2, 0.25) is 0 Å². The monoisotopic (exact) mass is 449 g/mol. The fourth-order valence-electron chi connectivity index (χ4n) is 3.36. The number of nitrogens with one attached hydrogen (secondary N) is 2. The largest absolute Gasteiger partial charge is 0.321 e. The van der Waals surface area contributed by atoms with Crippen molar-refractivity contribution in [3.8, 4) is 0 Å². The summed E-state index contributed by atoms with van der Waals surface area (Å²) in [4.78, 5) is 38.4. The lowest BCUT2D eigenvalue weighted by atomic mass is 10.1. The van der Waals surface area contributed by atoms with Crippen molar-refractivity contribution in [3.63, 3.8) is 0 Å². The number of hydrogen-bond acceptors (Lipinski definition) is 5. The normalized spacial score (nSPS) is 13.1. The maximum atomic E-state index is 12.8. The molecule has 0 radical (unpaired) electrons. The molecule has 0 unspecified atom stereocenters. The van der Waals surface area contributed by atoms with Crippen LogP contribution in [-0.4, -0.2) is 38.1 Å². The van der Waals surface area contributed by atoms with E-state index < -0.39 is 27.7 Å². The molecule has 0 fully saturated rings. The Bertz CT molecular complexity index is 1360. The van der Waals surface area contributed by atoms with Crippen LogP contribution in [-0.2, 0) is 10.0 Å². The second kappa shape index (κ2) is 7.93. The summed E-state index contributed by atoms with van der Waals surface area (Å²) in [7, 11) is -2.45. The summed E-state index contributed by atoms with van der Waals surface area (Å²) in [6.45, 7) is 1.86. The maximum Gasteiger partial charge on any atom is 0.263 e. The molecule has 2 N–H and O–H groups in total. The SMILES string of the molecule is Cc1ccc(S(=O)(=O)Nc2cccc(C(=O)Nc3cccc4c3C(=O)N(C)C4=O)c2)cc1. The highest BCUT2D eigenvalue weighted by atomic mass is 32.2. The molecule has 0 saturated carbocycles. The lowest BCUT2D eigenvalue weighted by molar-refractivity contribution is 0.0693. The first-order valence-corrected chi connectivity index (χ1v) is 11.1. The number of fused-ring (bicyclic) bond motifs is 1. The first kappa shape index (κ1) is 21.3. The van der Waals surface area contributed by atoms with Gasteiger partial charge in [-0.05, 0) is 49.4 Å². The van der Waals surface area contributed by atoms with E-state index in [9.17, 15) is 22.8 Å². The minimum atomic E-state index is -3.83. The minimum Gasteiger partial charge on any atom is -0.321 e. The van der Waals surface area contributed by atoms with Crippen molar-refractivity contribution >= 4 is 39.1 Å². The number of aryl methyl sites for hydroxylation is 1. The molecule has 4 rings (SSSR count). The predicted molar refractivity (Wildman–Crippen MR) is 119 cm³/mol. The van der Waals surface area contributed by atoms with E-state index in [4.69, 9.17) is 0 Å². The molecule has 9 heteroatoms. The van der Waals surface area contributed by atoms with Crippen LogP contribution in [0.25, 0.3) is 0 Å². The van der Waals surface area contributed by atoms with Gasteiger partial charge in [-0.1, -0.05) is 29.8 Å². The van der Waals surface area contributed by atoms with Gasteiger partial charge in [0.2, 0.25) is 0 Å². The van der Waals surface area contributed by atoms with E-state index >= 15 is 0 Å². The molecular formula is C23H19N3O5S. The van der Waals surface area contributed by atoms with E-state index in [0.717, 1.165) is 10.5 Å². The smallest absolute Gasteiger partial charge is 0.263 e. The van der Waals surface area contributed by atoms with E-state index in [1.807, 2.05) is 6.92 Å². The molecule has 8 nitrogen and oxygen atoms in total. The van der Waals surface area contributed by atoms with Crippen LogP contribution in [0.15, 0.2) is 71.6 Å². The second-order valence-electron chi connectivity index (χ2n) is 7.35. The molecule has 0 spiro atoms. The molecule has 3 amide bonds. The van der Waals surface area contributed by atoms with Gasteiger partial charge in [-0.25, -0.2) is 8.42 Å². The van der Waals surface area contributed by atoms with Gasteiger partial charge in [0.05, 0.1) is 21.7 Å². The highest BCUT2D eigenvalue weighted by molar-refractivity contribution is 7.92. The van der Waals surface area contributed by atoms with Crippen LogP contribution in [0.5, 0.6) is 0 Å². The lowest BCUT2D eigenvalue weighted by Gasteiger charge is -2.11. The number of amides is 3. The molecule has 1 heterocycles. The van der Waals surface area contributed by atoms with Crippen LogP contribution in [0, 0.1) is 6.92 Å². The Kier molecular flexibility index (Phi) is 5.27. The Morgan fingerprint density at radius 3 is 2.31 bits per heavy atom. The summed E-state index contributed by atoms with van der Waals surface area (Å²) >= 11 is 0. The zero-order valence-corrected chi connectivity index (χ0v) is 18.1. The average molecular weight is 449 g/mol. The number of carbonyl (C=O) groups excluding carboxylic acids is 3. The summed E-state index contributed by atoms with van der Waals surface area (Å²) in [5.74, 6) is -1.49. The van der Waals surface area contributed by atoms with Gasteiger partial charge in [0.15, 0.2) is 0 Å². The highest BCUT2D eigenvalue weighted by Crippen LogP contribution is 2.29. The highest BCUT2D eigenvalue weighted by Gasteiger charge is 2.35. The Morgan fingerprint density at radius 1 is 0.906 bits per heavy atom. The number of nitrogens with zero attached hydrogens (tertiary/aromatic N) is 1. The maximum absolute atomic E-state index is 12.8. The first-order valence-electron chi connectivity index (χ1n) is 9.64. The quantitative estimate of drug-likeness (QED) is 0.581. The van der Waals surface area contributed by atoms with Gasteiger partial charge >= 0.3 is 0 Å². The zero-order valence-electron chi connectivity index (χ0n) is 17.2. The molecule has 162 valence electrons. The van der Waals surface area contributed by atoms with Crippen molar-refractivity contribution in [1.82, 2.24) is 4.90 Å². The number of sulfonamides is 1. The third-order valence-electron chi connectivity index (χ3n) is 5.07. The van der Waals surface area contributed by atoms with Gasteiger partial charge in [-0.3, -0.25) is 24.0 Å². The Labute approximate surface area is 184 Å². The van der Waals surface area contributed by atoms with Gasteiger partial charge in [-0.15, -0.1) is 0 Å².